The average Bonchev–Trinajstić information content (AvgIpc) is 3.05. The molecule has 1 aromatic carbocycles. The second kappa shape index (κ2) is 6.52. The van der Waals surface area contributed by atoms with Crippen LogP contribution in [0, 0.1) is 5.82 Å². The highest BCUT2D eigenvalue weighted by atomic mass is 19.1. The number of halogens is 1. The lowest BCUT2D eigenvalue weighted by Gasteiger charge is -2.17. The van der Waals surface area contributed by atoms with E-state index < -0.39 is 0 Å². The van der Waals surface area contributed by atoms with Gasteiger partial charge in [-0.05, 0) is 31.2 Å². The molecule has 0 saturated heterocycles. The van der Waals surface area contributed by atoms with Crippen molar-refractivity contribution in [1.29, 1.82) is 0 Å². The summed E-state index contributed by atoms with van der Waals surface area (Å²) in [6.07, 6.45) is 3.00. The fourth-order valence-corrected chi connectivity index (χ4v) is 2.88. The molecule has 0 spiro atoms. The molecule has 9 heteroatoms. The number of hydrogen-bond donors (Lipinski definition) is 3. The third-order valence-corrected chi connectivity index (χ3v) is 4.18. The first-order valence-corrected chi connectivity index (χ1v) is 8.26. The van der Waals surface area contributed by atoms with Crippen LogP contribution in [-0.2, 0) is 0 Å². The molecule has 1 atom stereocenters. The molecular formula is C18H17FN8. The van der Waals surface area contributed by atoms with E-state index in [1.165, 1.54) is 18.5 Å². The van der Waals surface area contributed by atoms with Crippen LogP contribution in [0.1, 0.15) is 18.8 Å². The standard InChI is InChI=1S/C18H17FN8/c1-10(25-17-15(20)16(21)23-9-24-17)18-26-12-6-5-11(19)8-13(12)27(18)14-4-2-3-7-22-14/h2-10H,20H2,1H3,(H3,21,23,24,25)/t10-/m0/s1. The van der Waals surface area contributed by atoms with Gasteiger partial charge in [-0.2, -0.15) is 0 Å². The maximum Gasteiger partial charge on any atom is 0.155 e. The number of pyridine rings is 1. The lowest BCUT2D eigenvalue weighted by Crippen LogP contribution is -2.16. The zero-order valence-corrected chi connectivity index (χ0v) is 14.5. The van der Waals surface area contributed by atoms with Gasteiger partial charge in [-0.3, -0.25) is 4.57 Å². The van der Waals surface area contributed by atoms with Crippen LogP contribution in [0.3, 0.4) is 0 Å². The summed E-state index contributed by atoms with van der Waals surface area (Å²) >= 11 is 0. The number of anilines is 3. The molecule has 0 saturated carbocycles. The van der Waals surface area contributed by atoms with Crippen molar-refractivity contribution < 1.29 is 4.39 Å². The summed E-state index contributed by atoms with van der Waals surface area (Å²) in [5, 5.41) is 3.19. The zero-order valence-electron chi connectivity index (χ0n) is 14.5. The van der Waals surface area contributed by atoms with E-state index in [4.69, 9.17) is 11.5 Å². The van der Waals surface area contributed by atoms with Gasteiger partial charge >= 0.3 is 0 Å². The second-order valence-corrected chi connectivity index (χ2v) is 6.01. The van der Waals surface area contributed by atoms with Crippen molar-refractivity contribution >= 4 is 28.4 Å². The summed E-state index contributed by atoms with van der Waals surface area (Å²) in [5.74, 6) is 1.51. The highest BCUT2D eigenvalue weighted by Crippen LogP contribution is 2.29. The van der Waals surface area contributed by atoms with Gasteiger partial charge in [0.2, 0.25) is 0 Å². The highest BCUT2D eigenvalue weighted by molar-refractivity contribution is 5.78. The van der Waals surface area contributed by atoms with E-state index in [-0.39, 0.29) is 23.4 Å². The number of nitrogens with one attached hydrogen (secondary N) is 1. The van der Waals surface area contributed by atoms with E-state index in [9.17, 15) is 4.39 Å². The molecule has 8 nitrogen and oxygen atoms in total. The highest BCUT2D eigenvalue weighted by Gasteiger charge is 2.20. The largest absolute Gasteiger partial charge is 0.393 e. The Balaban J connectivity index is 1.84. The Kier molecular flexibility index (Phi) is 4.03. The average molecular weight is 364 g/mol. The van der Waals surface area contributed by atoms with Gasteiger partial charge in [0.1, 0.15) is 29.5 Å². The topological polar surface area (TPSA) is 121 Å². The second-order valence-electron chi connectivity index (χ2n) is 6.01. The number of hydrogen-bond acceptors (Lipinski definition) is 7. The van der Waals surface area contributed by atoms with E-state index in [1.54, 1.807) is 16.8 Å². The summed E-state index contributed by atoms with van der Waals surface area (Å²) in [5.41, 5.74) is 13.2. The summed E-state index contributed by atoms with van der Waals surface area (Å²) < 4.78 is 15.7. The number of fused-ring (bicyclic) bond motifs is 1. The molecule has 4 rings (SSSR count). The minimum Gasteiger partial charge on any atom is -0.393 e. The molecule has 0 unspecified atom stereocenters. The van der Waals surface area contributed by atoms with Gasteiger partial charge in [0.15, 0.2) is 11.6 Å². The van der Waals surface area contributed by atoms with Crippen LogP contribution in [0.25, 0.3) is 16.9 Å². The molecule has 0 bridgehead atoms. The number of benzene rings is 1. The van der Waals surface area contributed by atoms with Crippen molar-refractivity contribution in [2.45, 2.75) is 13.0 Å². The van der Waals surface area contributed by atoms with Crippen molar-refractivity contribution in [1.82, 2.24) is 24.5 Å². The molecule has 3 aromatic heterocycles. The first-order valence-electron chi connectivity index (χ1n) is 8.26. The Morgan fingerprint density at radius 2 is 1.96 bits per heavy atom. The Morgan fingerprint density at radius 1 is 1.11 bits per heavy atom. The number of aromatic nitrogens is 5. The first kappa shape index (κ1) is 16.7. The van der Waals surface area contributed by atoms with Gasteiger partial charge in [0.25, 0.3) is 0 Å². The van der Waals surface area contributed by atoms with Gasteiger partial charge in [0.05, 0.1) is 17.1 Å². The van der Waals surface area contributed by atoms with Gasteiger partial charge < -0.3 is 16.8 Å². The molecule has 0 aliphatic carbocycles. The minimum atomic E-state index is -0.348. The summed E-state index contributed by atoms with van der Waals surface area (Å²) in [7, 11) is 0. The SMILES string of the molecule is C[C@H](Nc1ncnc(N)c1N)c1nc2ccc(F)cc2n1-c1ccccn1. The van der Waals surface area contributed by atoms with Crippen LogP contribution in [0.5, 0.6) is 0 Å². The smallest absolute Gasteiger partial charge is 0.155 e. The normalized spacial score (nSPS) is 12.2. The van der Waals surface area contributed by atoms with Crippen LogP contribution < -0.4 is 16.8 Å². The Bertz CT molecular complexity index is 1110. The van der Waals surface area contributed by atoms with E-state index >= 15 is 0 Å². The fourth-order valence-electron chi connectivity index (χ4n) is 2.88. The third-order valence-electron chi connectivity index (χ3n) is 4.18. The van der Waals surface area contributed by atoms with Crippen LogP contribution in [0.15, 0.2) is 48.9 Å². The molecule has 0 radical (unpaired) electrons. The number of nitrogens with zero attached hydrogens (tertiary/aromatic N) is 5. The molecule has 27 heavy (non-hydrogen) atoms. The van der Waals surface area contributed by atoms with Crippen molar-refractivity contribution in [3.05, 3.63) is 60.6 Å². The number of nitrogen functional groups attached to an aromatic ring is 2. The Labute approximate surface area is 154 Å². The van der Waals surface area contributed by atoms with Gasteiger partial charge in [-0.1, -0.05) is 6.07 Å². The molecule has 136 valence electrons. The number of imidazole rings is 1. The molecule has 5 N–H and O–H groups in total. The maximum absolute atomic E-state index is 13.9. The summed E-state index contributed by atoms with van der Waals surface area (Å²) in [6, 6.07) is 9.64. The van der Waals surface area contributed by atoms with Crippen molar-refractivity contribution in [3.8, 4) is 5.82 Å². The van der Waals surface area contributed by atoms with Gasteiger partial charge in [-0.15, -0.1) is 0 Å². The lowest BCUT2D eigenvalue weighted by atomic mass is 10.3. The Hall–Kier alpha value is -3.75. The van der Waals surface area contributed by atoms with Crippen LogP contribution in [-0.4, -0.2) is 24.5 Å². The molecular weight excluding hydrogens is 347 g/mol. The van der Waals surface area contributed by atoms with Crippen molar-refractivity contribution in [2.75, 3.05) is 16.8 Å². The van der Waals surface area contributed by atoms with Gasteiger partial charge in [0, 0.05) is 12.3 Å². The molecule has 3 heterocycles. The van der Waals surface area contributed by atoms with Crippen molar-refractivity contribution in [3.63, 3.8) is 0 Å². The molecule has 0 aliphatic heterocycles. The fraction of sp³-hybridized carbons (Fsp3) is 0.111. The third kappa shape index (κ3) is 2.99. The number of rotatable bonds is 4. The Morgan fingerprint density at radius 3 is 2.74 bits per heavy atom. The van der Waals surface area contributed by atoms with E-state index in [2.05, 4.69) is 25.3 Å². The van der Waals surface area contributed by atoms with E-state index in [0.29, 0.717) is 28.5 Å². The molecule has 0 aliphatic rings. The van der Waals surface area contributed by atoms with Gasteiger partial charge in [-0.25, -0.2) is 24.3 Å². The number of nitrogens with two attached hydrogens (primary N) is 2. The maximum atomic E-state index is 13.9. The zero-order chi connectivity index (χ0) is 19.0. The van der Waals surface area contributed by atoms with Crippen LogP contribution in [0.4, 0.5) is 21.7 Å². The van der Waals surface area contributed by atoms with E-state index in [0.717, 1.165) is 0 Å². The quantitative estimate of drug-likeness (QED) is 0.509. The molecule has 4 aromatic rings. The molecule has 0 amide bonds. The predicted octanol–water partition coefficient (Wildman–Crippen LogP) is 2.69. The van der Waals surface area contributed by atoms with Crippen LogP contribution >= 0.6 is 0 Å². The monoisotopic (exact) mass is 364 g/mol. The minimum absolute atomic E-state index is 0.194. The predicted molar refractivity (Wildman–Crippen MR) is 102 cm³/mol. The first-order chi connectivity index (χ1) is 13.0. The summed E-state index contributed by atoms with van der Waals surface area (Å²) in [4.78, 5) is 17.0. The summed E-state index contributed by atoms with van der Waals surface area (Å²) in [6.45, 7) is 1.90. The van der Waals surface area contributed by atoms with E-state index in [1.807, 2.05) is 25.1 Å². The van der Waals surface area contributed by atoms with Crippen LogP contribution in [0.2, 0.25) is 0 Å². The molecule has 0 fully saturated rings. The lowest BCUT2D eigenvalue weighted by molar-refractivity contribution is 0.629. The van der Waals surface area contributed by atoms with Crippen molar-refractivity contribution in [2.24, 2.45) is 0 Å².